The molecule has 21 heavy (non-hydrogen) atoms. The van der Waals surface area contributed by atoms with Crippen LogP contribution in [0.5, 0.6) is 11.5 Å². The Morgan fingerprint density at radius 3 is 2.29 bits per heavy atom. The smallest absolute Gasteiger partial charge is 0.223 e. The zero-order chi connectivity index (χ0) is 15.1. The monoisotopic (exact) mass is 287 g/mol. The van der Waals surface area contributed by atoms with Gasteiger partial charge in [-0.1, -0.05) is 17.7 Å². The van der Waals surface area contributed by atoms with Crippen molar-refractivity contribution in [3.63, 3.8) is 0 Å². The number of aromatic amines is 1. The Balaban J connectivity index is 1.66. The molecule has 0 unspecified atom stereocenters. The van der Waals surface area contributed by atoms with Crippen LogP contribution in [-0.2, 0) is 0 Å². The van der Waals surface area contributed by atoms with Crippen molar-refractivity contribution in [3.05, 3.63) is 58.0 Å². The van der Waals surface area contributed by atoms with Crippen molar-refractivity contribution in [1.82, 2.24) is 4.98 Å². The number of benzene rings is 1. The highest BCUT2D eigenvalue weighted by atomic mass is 16.5. The number of unbranched alkanes of at least 4 members (excludes halogenated alkanes) is 1. The van der Waals surface area contributed by atoms with Crippen molar-refractivity contribution in [3.8, 4) is 11.5 Å². The normalized spacial score (nSPS) is 10.4. The predicted molar refractivity (Wildman–Crippen MR) is 83.2 cm³/mol. The van der Waals surface area contributed by atoms with Gasteiger partial charge < -0.3 is 14.5 Å². The largest absolute Gasteiger partial charge is 0.494 e. The molecule has 4 heteroatoms. The van der Waals surface area contributed by atoms with E-state index >= 15 is 0 Å². The van der Waals surface area contributed by atoms with Crippen LogP contribution < -0.4 is 14.9 Å². The number of hydrogen-bond acceptors (Lipinski definition) is 3. The molecule has 0 spiro atoms. The maximum Gasteiger partial charge on any atom is 0.223 e. The molecule has 1 N–H and O–H groups in total. The molecule has 2 rings (SSSR count). The molecule has 0 bridgehead atoms. The van der Waals surface area contributed by atoms with Crippen molar-refractivity contribution in [2.24, 2.45) is 0 Å². The van der Waals surface area contributed by atoms with Gasteiger partial charge in [-0.05, 0) is 38.8 Å². The number of aryl methyl sites for hydroxylation is 2. The molecule has 0 radical (unpaired) electrons. The first kappa shape index (κ1) is 15.2. The molecule has 0 atom stereocenters. The van der Waals surface area contributed by atoms with Gasteiger partial charge in [0.05, 0.1) is 18.9 Å². The Labute approximate surface area is 124 Å². The molecule has 1 aromatic carbocycles. The van der Waals surface area contributed by atoms with Gasteiger partial charge >= 0.3 is 0 Å². The number of rotatable bonds is 7. The van der Waals surface area contributed by atoms with Crippen LogP contribution in [-0.4, -0.2) is 18.2 Å². The summed E-state index contributed by atoms with van der Waals surface area (Å²) < 4.78 is 11.2. The summed E-state index contributed by atoms with van der Waals surface area (Å²) in [5.41, 5.74) is 1.90. The van der Waals surface area contributed by atoms with E-state index in [0.29, 0.717) is 19.0 Å². The summed E-state index contributed by atoms with van der Waals surface area (Å²) in [6.07, 6.45) is 3.36. The highest BCUT2D eigenvalue weighted by Gasteiger charge is 2.03. The minimum atomic E-state index is -0.0813. The molecule has 0 aliphatic heterocycles. The van der Waals surface area contributed by atoms with E-state index in [-0.39, 0.29) is 5.43 Å². The lowest BCUT2D eigenvalue weighted by Gasteiger charge is -2.09. The second-order valence-electron chi connectivity index (χ2n) is 5.01. The van der Waals surface area contributed by atoms with Gasteiger partial charge in [-0.2, -0.15) is 0 Å². The lowest BCUT2D eigenvalue weighted by atomic mass is 10.2. The zero-order valence-corrected chi connectivity index (χ0v) is 12.5. The van der Waals surface area contributed by atoms with Crippen LogP contribution in [0.15, 0.2) is 41.3 Å². The number of aromatic nitrogens is 1. The van der Waals surface area contributed by atoms with E-state index < -0.39 is 0 Å². The van der Waals surface area contributed by atoms with E-state index in [4.69, 9.17) is 9.47 Å². The summed E-state index contributed by atoms with van der Waals surface area (Å²) in [4.78, 5) is 14.6. The van der Waals surface area contributed by atoms with Gasteiger partial charge in [-0.25, -0.2) is 0 Å². The second kappa shape index (κ2) is 7.53. The molecule has 2 aromatic rings. The molecule has 0 fully saturated rings. The van der Waals surface area contributed by atoms with Crippen LogP contribution in [0, 0.1) is 13.8 Å². The number of H-pyrrole nitrogens is 1. The third-order valence-corrected chi connectivity index (χ3v) is 3.17. The van der Waals surface area contributed by atoms with Gasteiger partial charge in [0.2, 0.25) is 5.43 Å². The van der Waals surface area contributed by atoms with Crippen molar-refractivity contribution < 1.29 is 9.47 Å². The van der Waals surface area contributed by atoms with E-state index in [9.17, 15) is 4.79 Å². The molecule has 1 heterocycles. The standard InChI is InChI=1S/C17H21NO3/c1-13-5-7-15(8-6-13)20-11-3-4-12-21-17-14(2)18-10-9-16(17)19/h5-10H,3-4,11-12H2,1-2H3,(H,18,19). The molecule has 0 amide bonds. The van der Waals surface area contributed by atoms with Gasteiger partial charge in [-0.15, -0.1) is 0 Å². The minimum absolute atomic E-state index is 0.0813. The summed E-state index contributed by atoms with van der Waals surface area (Å²) in [5, 5.41) is 0. The fraction of sp³-hybridized carbons (Fsp3) is 0.353. The molecular formula is C17H21NO3. The quantitative estimate of drug-likeness (QED) is 0.795. The van der Waals surface area contributed by atoms with E-state index in [1.165, 1.54) is 11.6 Å². The van der Waals surface area contributed by atoms with Gasteiger partial charge in [-0.3, -0.25) is 4.79 Å². The van der Waals surface area contributed by atoms with Crippen molar-refractivity contribution in [1.29, 1.82) is 0 Å². The average Bonchev–Trinajstić information content (AvgIpc) is 2.47. The van der Waals surface area contributed by atoms with Gasteiger partial charge in [0.1, 0.15) is 5.75 Å². The summed E-state index contributed by atoms with van der Waals surface area (Å²) in [5.74, 6) is 1.30. The summed E-state index contributed by atoms with van der Waals surface area (Å²) in [6, 6.07) is 9.48. The predicted octanol–water partition coefficient (Wildman–Crippen LogP) is 3.23. The van der Waals surface area contributed by atoms with E-state index in [0.717, 1.165) is 24.3 Å². The fourth-order valence-corrected chi connectivity index (χ4v) is 1.95. The first-order valence-electron chi connectivity index (χ1n) is 7.17. The van der Waals surface area contributed by atoms with Crippen LogP contribution >= 0.6 is 0 Å². The molecule has 0 aliphatic rings. The first-order chi connectivity index (χ1) is 10.2. The van der Waals surface area contributed by atoms with Crippen LogP contribution in [0.3, 0.4) is 0 Å². The Bertz CT molecular complexity index is 617. The Morgan fingerprint density at radius 2 is 1.62 bits per heavy atom. The summed E-state index contributed by atoms with van der Waals surface area (Å²) >= 11 is 0. The van der Waals surface area contributed by atoms with Crippen molar-refractivity contribution >= 4 is 0 Å². The van der Waals surface area contributed by atoms with Gasteiger partial charge in [0.15, 0.2) is 5.75 Å². The Kier molecular flexibility index (Phi) is 5.43. The van der Waals surface area contributed by atoms with E-state index in [1.54, 1.807) is 6.20 Å². The van der Waals surface area contributed by atoms with Crippen molar-refractivity contribution in [2.75, 3.05) is 13.2 Å². The van der Waals surface area contributed by atoms with E-state index in [1.807, 2.05) is 38.1 Å². The Morgan fingerprint density at radius 1 is 0.952 bits per heavy atom. The SMILES string of the molecule is Cc1ccc(OCCCCOc2c(C)[nH]ccc2=O)cc1. The van der Waals surface area contributed by atoms with Crippen LogP contribution in [0.4, 0.5) is 0 Å². The number of hydrogen-bond donors (Lipinski definition) is 1. The molecule has 4 nitrogen and oxygen atoms in total. The topological polar surface area (TPSA) is 51.3 Å². The number of ether oxygens (including phenoxy) is 2. The third kappa shape index (κ3) is 4.67. The first-order valence-corrected chi connectivity index (χ1v) is 7.17. The Hall–Kier alpha value is -2.23. The molecule has 0 aliphatic carbocycles. The molecule has 1 aromatic heterocycles. The summed E-state index contributed by atoms with van der Waals surface area (Å²) in [6.45, 7) is 5.05. The molecule has 0 saturated carbocycles. The highest BCUT2D eigenvalue weighted by Crippen LogP contribution is 2.12. The van der Waals surface area contributed by atoms with Gasteiger partial charge in [0, 0.05) is 12.3 Å². The van der Waals surface area contributed by atoms with Gasteiger partial charge in [0.25, 0.3) is 0 Å². The molecular weight excluding hydrogens is 266 g/mol. The van der Waals surface area contributed by atoms with Crippen LogP contribution in [0.1, 0.15) is 24.1 Å². The van der Waals surface area contributed by atoms with Crippen LogP contribution in [0.2, 0.25) is 0 Å². The van der Waals surface area contributed by atoms with Crippen molar-refractivity contribution in [2.45, 2.75) is 26.7 Å². The average molecular weight is 287 g/mol. The second-order valence-corrected chi connectivity index (χ2v) is 5.01. The maximum absolute atomic E-state index is 11.6. The molecule has 112 valence electrons. The highest BCUT2D eigenvalue weighted by molar-refractivity contribution is 5.26. The fourth-order valence-electron chi connectivity index (χ4n) is 1.95. The lowest BCUT2D eigenvalue weighted by Crippen LogP contribution is -2.11. The maximum atomic E-state index is 11.6. The number of nitrogens with one attached hydrogen (secondary N) is 1. The zero-order valence-electron chi connectivity index (χ0n) is 12.5. The number of pyridine rings is 1. The minimum Gasteiger partial charge on any atom is -0.494 e. The lowest BCUT2D eigenvalue weighted by molar-refractivity contribution is 0.264. The van der Waals surface area contributed by atoms with E-state index in [2.05, 4.69) is 4.98 Å². The third-order valence-electron chi connectivity index (χ3n) is 3.17. The summed E-state index contributed by atoms with van der Waals surface area (Å²) in [7, 11) is 0. The van der Waals surface area contributed by atoms with Crippen LogP contribution in [0.25, 0.3) is 0 Å². The molecule has 0 saturated heterocycles.